The Balaban J connectivity index is 2.76. The molecule has 0 fully saturated rings. The van der Waals surface area contributed by atoms with E-state index < -0.39 is 0 Å². The molecule has 0 aromatic rings. The van der Waals surface area contributed by atoms with E-state index in [2.05, 4.69) is 45.6 Å². The van der Waals surface area contributed by atoms with Gasteiger partial charge in [0.2, 0.25) is 0 Å². The zero-order chi connectivity index (χ0) is 9.35. The summed E-state index contributed by atoms with van der Waals surface area (Å²) in [7, 11) is 0. The smallest absolute Gasteiger partial charge is 0.0230 e. The van der Waals surface area contributed by atoms with Crippen LogP contribution in [0.25, 0.3) is 0 Å². The standard InChI is InChI=1S/C11H21N/c1-9(2)12-8-6-7-10(12)11(3,4)5/h7,9H,6,8H2,1-5H3. The van der Waals surface area contributed by atoms with E-state index in [-0.39, 0.29) is 0 Å². The third kappa shape index (κ3) is 1.82. The fourth-order valence-corrected chi connectivity index (χ4v) is 1.85. The van der Waals surface area contributed by atoms with Gasteiger partial charge in [0, 0.05) is 23.7 Å². The second kappa shape index (κ2) is 3.12. The first kappa shape index (κ1) is 9.63. The SMILES string of the molecule is CC(C)N1CCC=C1C(C)(C)C. The molecular formula is C11H21N. The van der Waals surface area contributed by atoms with Crippen LogP contribution in [-0.2, 0) is 0 Å². The van der Waals surface area contributed by atoms with E-state index in [0.29, 0.717) is 11.5 Å². The fraction of sp³-hybridized carbons (Fsp3) is 0.818. The van der Waals surface area contributed by atoms with Gasteiger partial charge in [-0.15, -0.1) is 0 Å². The summed E-state index contributed by atoms with van der Waals surface area (Å²) < 4.78 is 0. The maximum Gasteiger partial charge on any atom is 0.0230 e. The molecule has 1 heterocycles. The van der Waals surface area contributed by atoms with Crippen LogP contribution >= 0.6 is 0 Å². The van der Waals surface area contributed by atoms with Crippen molar-refractivity contribution >= 4 is 0 Å². The first-order chi connectivity index (χ1) is 5.43. The third-order valence-electron chi connectivity index (χ3n) is 2.41. The number of hydrogen-bond donors (Lipinski definition) is 0. The van der Waals surface area contributed by atoms with Crippen molar-refractivity contribution < 1.29 is 0 Å². The fourth-order valence-electron chi connectivity index (χ4n) is 1.85. The van der Waals surface area contributed by atoms with Crippen molar-refractivity contribution in [2.75, 3.05) is 6.54 Å². The van der Waals surface area contributed by atoms with Gasteiger partial charge in [-0.2, -0.15) is 0 Å². The summed E-state index contributed by atoms with van der Waals surface area (Å²) in [5.74, 6) is 0. The summed E-state index contributed by atoms with van der Waals surface area (Å²) in [6.07, 6.45) is 3.62. The number of rotatable bonds is 1. The Morgan fingerprint density at radius 1 is 1.33 bits per heavy atom. The number of hydrogen-bond acceptors (Lipinski definition) is 1. The summed E-state index contributed by atoms with van der Waals surface area (Å²) >= 11 is 0. The third-order valence-corrected chi connectivity index (χ3v) is 2.41. The minimum Gasteiger partial charge on any atom is -0.372 e. The van der Waals surface area contributed by atoms with Crippen molar-refractivity contribution in [2.24, 2.45) is 5.41 Å². The average molecular weight is 167 g/mol. The summed E-state index contributed by atoms with van der Waals surface area (Å²) in [6, 6.07) is 0.651. The van der Waals surface area contributed by atoms with Gasteiger partial charge in [-0.1, -0.05) is 26.8 Å². The summed E-state index contributed by atoms with van der Waals surface area (Å²) in [5.41, 5.74) is 1.85. The van der Waals surface area contributed by atoms with E-state index in [1.807, 2.05) is 0 Å². The molecule has 0 aliphatic carbocycles. The Kier molecular flexibility index (Phi) is 2.50. The highest BCUT2D eigenvalue weighted by atomic mass is 15.2. The van der Waals surface area contributed by atoms with Crippen LogP contribution in [0.3, 0.4) is 0 Å². The maximum atomic E-state index is 2.51. The van der Waals surface area contributed by atoms with Crippen LogP contribution in [0.15, 0.2) is 11.8 Å². The zero-order valence-electron chi connectivity index (χ0n) is 9.02. The molecule has 0 saturated carbocycles. The van der Waals surface area contributed by atoms with Gasteiger partial charge < -0.3 is 4.90 Å². The lowest BCUT2D eigenvalue weighted by Crippen LogP contribution is -2.32. The highest BCUT2D eigenvalue weighted by molar-refractivity contribution is 5.15. The van der Waals surface area contributed by atoms with Crippen molar-refractivity contribution in [1.29, 1.82) is 0 Å². The number of nitrogens with zero attached hydrogens (tertiary/aromatic N) is 1. The molecule has 0 saturated heterocycles. The molecule has 0 atom stereocenters. The maximum absolute atomic E-state index is 2.51. The number of allylic oxidation sites excluding steroid dienone is 1. The second-order valence-electron chi connectivity index (χ2n) is 4.92. The molecule has 0 aromatic heterocycles. The first-order valence-electron chi connectivity index (χ1n) is 4.90. The molecule has 1 aliphatic heterocycles. The molecule has 0 spiro atoms. The van der Waals surface area contributed by atoms with Crippen LogP contribution in [0.1, 0.15) is 41.0 Å². The Bertz CT molecular complexity index is 184. The quantitative estimate of drug-likeness (QED) is 0.580. The second-order valence-corrected chi connectivity index (χ2v) is 4.92. The van der Waals surface area contributed by atoms with Crippen LogP contribution in [0.4, 0.5) is 0 Å². The summed E-state index contributed by atoms with van der Waals surface area (Å²) in [4.78, 5) is 2.51. The van der Waals surface area contributed by atoms with Gasteiger partial charge in [0.15, 0.2) is 0 Å². The topological polar surface area (TPSA) is 3.24 Å². The van der Waals surface area contributed by atoms with E-state index in [1.54, 1.807) is 0 Å². The van der Waals surface area contributed by atoms with E-state index in [1.165, 1.54) is 18.7 Å². The molecule has 0 bridgehead atoms. The largest absolute Gasteiger partial charge is 0.372 e. The predicted molar refractivity (Wildman–Crippen MR) is 54.0 cm³/mol. The molecule has 1 rings (SSSR count). The van der Waals surface area contributed by atoms with Crippen LogP contribution in [-0.4, -0.2) is 17.5 Å². The minimum absolute atomic E-state index is 0.320. The molecule has 1 nitrogen and oxygen atoms in total. The Labute approximate surface area is 76.5 Å². The van der Waals surface area contributed by atoms with E-state index >= 15 is 0 Å². The molecule has 0 N–H and O–H groups in total. The summed E-state index contributed by atoms with van der Waals surface area (Å²) in [5, 5.41) is 0. The van der Waals surface area contributed by atoms with Gasteiger partial charge >= 0.3 is 0 Å². The minimum atomic E-state index is 0.320. The van der Waals surface area contributed by atoms with Crippen LogP contribution in [0.2, 0.25) is 0 Å². The molecule has 0 unspecified atom stereocenters. The van der Waals surface area contributed by atoms with Crippen LogP contribution < -0.4 is 0 Å². The molecule has 12 heavy (non-hydrogen) atoms. The van der Waals surface area contributed by atoms with Crippen molar-refractivity contribution in [1.82, 2.24) is 4.90 Å². The van der Waals surface area contributed by atoms with Crippen molar-refractivity contribution in [2.45, 2.75) is 47.1 Å². The normalized spacial score (nSPS) is 18.8. The Morgan fingerprint density at radius 3 is 2.25 bits per heavy atom. The van der Waals surface area contributed by atoms with Gasteiger partial charge in [0.05, 0.1) is 0 Å². The molecule has 1 aliphatic rings. The van der Waals surface area contributed by atoms with E-state index in [0.717, 1.165) is 0 Å². The predicted octanol–water partition coefficient (Wildman–Crippen LogP) is 3.03. The summed E-state index contributed by atoms with van der Waals surface area (Å²) in [6.45, 7) is 12.6. The Hall–Kier alpha value is -0.460. The van der Waals surface area contributed by atoms with Gasteiger partial charge in [0.1, 0.15) is 0 Å². The molecule has 0 aromatic carbocycles. The van der Waals surface area contributed by atoms with Gasteiger partial charge in [0.25, 0.3) is 0 Å². The molecular weight excluding hydrogens is 146 g/mol. The van der Waals surface area contributed by atoms with Crippen molar-refractivity contribution in [3.63, 3.8) is 0 Å². The lowest BCUT2D eigenvalue weighted by molar-refractivity contribution is 0.248. The lowest BCUT2D eigenvalue weighted by Gasteiger charge is -2.34. The van der Waals surface area contributed by atoms with E-state index in [9.17, 15) is 0 Å². The van der Waals surface area contributed by atoms with Crippen LogP contribution in [0.5, 0.6) is 0 Å². The van der Waals surface area contributed by atoms with E-state index in [4.69, 9.17) is 0 Å². The lowest BCUT2D eigenvalue weighted by atomic mass is 9.91. The van der Waals surface area contributed by atoms with Gasteiger partial charge in [-0.3, -0.25) is 0 Å². The molecule has 1 heteroatoms. The highest BCUT2D eigenvalue weighted by Crippen LogP contribution is 2.33. The molecule has 70 valence electrons. The zero-order valence-corrected chi connectivity index (χ0v) is 9.02. The first-order valence-corrected chi connectivity index (χ1v) is 4.90. The monoisotopic (exact) mass is 167 g/mol. The van der Waals surface area contributed by atoms with Crippen molar-refractivity contribution in [3.05, 3.63) is 11.8 Å². The molecule has 0 radical (unpaired) electrons. The van der Waals surface area contributed by atoms with Crippen LogP contribution in [0, 0.1) is 5.41 Å². The molecule has 0 amide bonds. The van der Waals surface area contributed by atoms with Gasteiger partial charge in [-0.25, -0.2) is 0 Å². The average Bonchev–Trinajstić information content (AvgIpc) is 2.30. The highest BCUT2D eigenvalue weighted by Gasteiger charge is 2.27. The Morgan fingerprint density at radius 2 is 1.92 bits per heavy atom. The van der Waals surface area contributed by atoms with Gasteiger partial charge in [-0.05, 0) is 20.3 Å². The van der Waals surface area contributed by atoms with Crippen molar-refractivity contribution in [3.8, 4) is 0 Å².